The summed E-state index contributed by atoms with van der Waals surface area (Å²) in [5.74, 6) is 0.769. The number of thioether (sulfide) groups is 1. The van der Waals surface area contributed by atoms with Gasteiger partial charge in [-0.05, 0) is 24.5 Å². The van der Waals surface area contributed by atoms with Crippen molar-refractivity contribution in [2.75, 3.05) is 33.3 Å². The molecule has 1 N–H and O–H groups in total. The van der Waals surface area contributed by atoms with Gasteiger partial charge in [-0.3, -0.25) is 14.2 Å². The molecule has 0 saturated heterocycles. The molecule has 1 aromatic heterocycles. The molecule has 0 bridgehead atoms. The van der Waals surface area contributed by atoms with Crippen LogP contribution in [0, 0.1) is 0 Å². The normalized spacial score (nSPS) is 11.7. The Labute approximate surface area is 172 Å². The highest BCUT2D eigenvalue weighted by atomic mass is 32.2. The van der Waals surface area contributed by atoms with E-state index >= 15 is 0 Å². The fourth-order valence-electron chi connectivity index (χ4n) is 2.76. The summed E-state index contributed by atoms with van der Waals surface area (Å²) >= 11 is 1.57. The van der Waals surface area contributed by atoms with Gasteiger partial charge >= 0.3 is 5.97 Å². The maximum atomic E-state index is 12.7. The molecule has 0 spiro atoms. The molecule has 0 fully saturated rings. The molecule has 158 valence electrons. The smallest absolute Gasteiger partial charge is 0.328 e. The van der Waals surface area contributed by atoms with E-state index in [1.165, 1.54) is 32.2 Å². The number of benzene rings is 1. The summed E-state index contributed by atoms with van der Waals surface area (Å²) in [5.41, 5.74) is 0.173. The molecule has 2 rings (SSSR count). The third-order valence-electron chi connectivity index (χ3n) is 4.34. The number of hydrogen-bond acceptors (Lipinski definition) is 8. The molecular weight excluding hydrogens is 398 g/mol. The van der Waals surface area contributed by atoms with Gasteiger partial charge in [0.25, 0.3) is 5.56 Å². The summed E-state index contributed by atoms with van der Waals surface area (Å²) in [4.78, 5) is 41.1. The number of fused-ring (bicyclic) bond motifs is 1. The lowest BCUT2D eigenvalue weighted by Crippen LogP contribution is -2.42. The number of aryl methyl sites for hydroxylation is 1. The number of nitrogens with zero attached hydrogens (tertiary/aromatic N) is 2. The van der Waals surface area contributed by atoms with Crippen LogP contribution in [-0.2, 0) is 20.9 Å². The second-order valence-corrected chi connectivity index (χ2v) is 7.13. The lowest BCUT2D eigenvalue weighted by atomic mass is 10.2. The van der Waals surface area contributed by atoms with E-state index in [-0.39, 0.29) is 24.4 Å². The Morgan fingerprint density at radius 2 is 1.90 bits per heavy atom. The van der Waals surface area contributed by atoms with Gasteiger partial charge in [-0.25, -0.2) is 9.78 Å². The van der Waals surface area contributed by atoms with Crippen LogP contribution in [0.25, 0.3) is 10.9 Å². The maximum Gasteiger partial charge on any atom is 0.328 e. The molecule has 1 aromatic carbocycles. The number of methoxy groups -OCH3 is 3. The van der Waals surface area contributed by atoms with Crippen molar-refractivity contribution in [2.24, 2.45) is 0 Å². The van der Waals surface area contributed by atoms with Crippen LogP contribution in [0.15, 0.2) is 23.3 Å². The van der Waals surface area contributed by atoms with E-state index in [9.17, 15) is 14.4 Å². The fraction of sp³-hybridized carbons (Fsp3) is 0.474. The third-order valence-corrected chi connectivity index (χ3v) is 4.98. The molecule has 10 heteroatoms. The number of esters is 1. The van der Waals surface area contributed by atoms with Crippen LogP contribution in [0.4, 0.5) is 0 Å². The van der Waals surface area contributed by atoms with E-state index < -0.39 is 12.0 Å². The Kier molecular flexibility index (Phi) is 8.32. The summed E-state index contributed by atoms with van der Waals surface area (Å²) in [6, 6.07) is 2.48. The van der Waals surface area contributed by atoms with Gasteiger partial charge in [-0.1, -0.05) is 0 Å². The SMILES string of the molecule is COC(=O)[C@H](CCSC)NC(=O)CCn1cnc2cc(OC)c(OC)cc2c1=O. The largest absolute Gasteiger partial charge is 0.493 e. The molecule has 0 aliphatic rings. The highest BCUT2D eigenvalue weighted by Crippen LogP contribution is 2.29. The zero-order valence-electron chi connectivity index (χ0n) is 16.9. The lowest BCUT2D eigenvalue weighted by molar-refractivity contribution is -0.145. The van der Waals surface area contributed by atoms with Crippen molar-refractivity contribution in [1.29, 1.82) is 0 Å². The minimum atomic E-state index is -0.705. The van der Waals surface area contributed by atoms with Crippen LogP contribution in [0.1, 0.15) is 12.8 Å². The van der Waals surface area contributed by atoms with Crippen LogP contribution in [0.5, 0.6) is 11.5 Å². The number of rotatable bonds is 10. The first-order valence-electron chi connectivity index (χ1n) is 8.92. The summed E-state index contributed by atoms with van der Waals surface area (Å²) in [6.45, 7) is 0.123. The first-order chi connectivity index (χ1) is 13.9. The second-order valence-electron chi connectivity index (χ2n) is 6.14. The van der Waals surface area contributed by atoms with Gasteiger partial charge in [0.05, 0.1) is 38.6 Å². The Balaban J connectivity index is 2.13. The van der Waals surface area contributed by atoms with Gasteiger partial charge in [0.15, 0.2) is 11.5 Å². The third kappa shape index (κ3) is 5.63. The summed E-state index contributed by atoms with van der Waals surface area (Å²) < 4.78 is 16.5. The number of nitrogens with one attached hydrogen (secondary N) is 1. The molecule has 9 nitrogen and oxygen atoms in total. The number of amides is 1. The van der Waals surface area contributed by atoms with Gasteiger partial charge in [-0.2, -0.15) is 11.8 Å². The number of carbonyl (C=O) groups excluding carboxylic acids is 2. The van der Waals surface area contributed by atoms with Crippen molar-refractivity contribution < 1.29 is 23.8 Å². The Hall–Kier alpha value is -2.75. The van der Waals surface area contributed by atoms with Gasteiger partial charge in [0, 0.05) is 19.0 Å². The number of aromatic nitrogens is 2. The molecule has 2 aromatic rings. The number of ether oxygens (including phenoxy) is 3. The van der Waals surface area contributed by atoms with Crippen molar-refractivity contribution in [3.63, 3.8) is 0 Å². The molecule has 1 heterocycles. The molecule has 0 aliphatic carbocycles. The van der Waals surface area contributed by atoms with Crippen LogP contribution in [0.3, 0.4) is 0 Å². The first-order valence-corrected chi connectivity index (χ1v) is 10.3. The Morgan fingerprint density at radius 1 is 1.21 bits per heavy atom. The molecule has 0 unspecified atom stereocenters. The van der Waals surface area contributed by atoms with Gasteiger partial charge < -0.3 is 19.5 Å². The fourth-order valence-corrected chi connectivity index (χ4v) is 3.23. The van der Waals surface area contributed by atoms with E-state index in [1.54, 1.807) is 23.9 Å². The predicted molar refractivity (Wildman–Crippen MR) is 111 cm³/mol. The van der Waals surface area contributed by atoms with E-state index in [0.717, 1.165) is 0 Å². The monoisotopic (exact) mass is 423 g/mol. The molecule has 1 atom stereocenters. The average molecular weight is 423 g/mol. The molecule has 0 aliphatic heterocycles. The minimum Gasteiger partial charge on any atom is -0.493 e. The van der Waals surface area contributed by atoms with Crippen molar-refractivity contribution >= 4 is 34.5 Å². The highest BCUT2D eigenvalue weighted by Gasteiger charge is 2.21. The first kappa shape index (κ1) is 22.5. The molecular formula is C19H25N3O6S. The van der Waals surface area contributed by atoms with Crippen molar-refractivity contribution in [3.05, 3.63) is 28.8 Å². The van der Waals surface area contributed by atoms with Crippen molar-refractivity contribution in [2.45, 2.75) is 25.4 Å². The molecule has 29 heavy (non-hydrogen) atoms. The second kappa shape index (κ2) is 10.7. The van der Waals surface area contributed by atoms with E-state index in [1.807, 2.05) is 6.26 Å². The van der Waals surface area contributed by atoms with Gasteiger partial charge in [0.1, 0.15) is 6.04 Å². The van der Waals surface area contributed by atoms with Gasteiger partial charge in [-0.15, -0.1) is 0 Å². The summed E-state index contributed by atoms with van der Waals surface area (Å²) in [5, 5.41) is 3.02. The summed E-state index contributed by atoms with van der Waals surface area (Å²) in [7, 11) is 4.27. The van der Waals surface area contributed by atoms with Crippen molar-refractivity contribution in [1.82, 2.24) is 14.9 Å². The van der Waals surface area contributed by atoms with Crippen LogP contribution in [0.2, 0.25) is 0 Å². The highest BCUT2D eigenvalue weighted by molar-refractivity contribution is 7.98. The zero-order chi connectivity index (χ0) is 21.4. The number of hydrogen-bond donors (Lipinski definition) is 1. The standard InChI is InChI=1S/C19H25N3O6S/c1-26-15-9-12-14(10-16(15)27-2)20-11-22(18(12)24)7-5-17(23)21-13(6-8-29-4)19(25)28-3/h9-11,13H,5-8H2,1-4H3,(H,21,23)/t13-/m0/s1. The molecule has 0 saturated carbocycles. The topological polar surface area (TPSA) is 109 Å². The van der Waals surface area contributed by atoms with Crippen LogP contribution >= 0.6 is 11.8 Å². The number of carbonyl (C=O) groups is 2. The van der Waals surface area contributed by atoms with Gasteiger partial charge in [0.2, 0.25) is 5.91 Å². The lowest BCUT2D eigenvalue weighted by Gasteiger charge is -2.16. The maximum absolute atomic E-state index is 12.7. The van der Waals surface area contributed by atoms with Crippen LogP contribution in [-0.4, -0.2) is 60.8 Å². The van der Waals surface area contributed by atoms with E-state index in [0.29, 0.717) is 34.6 Å². The Bertz CT molecular complexity index is 930. The minimum absolute atomic E-state index is 0.0210. The quantitative estimate of drug-likeness (QED) is 0.568. The zero-order valence-corrected chi connectivity index (χ0v) is 17.7. The predicted octanol–water partition coefficient (Wildman–Crippen LogP) is 1.21. The average Bonchev–Trinajstić information content (AvgIpc) is 2.74. The molecule has 0 radical (unpaired) electrons. The molecule has 1 amide bonds. The Morgan fingerprint density at radius 3 is 2.52 bits per heavy atom. The summed E-state index contributed by atoms with van der Waals surface area (Å²) in [6.07, 6.45) is 3.79. The van der Waals surface area contributed by atoms with Crippen LogP contribution < -0.4 is 20.3 Å². The van der Waals surface area contributed by atoms with Crippen molar-refractivity contribution in [3.8, 4) is 11.5 Å². The van der Waals surface area contributed by atoms with E-state index in [2.05, 4.69) is 10.3 Å². The van der Waals surface area contributed by atoms with E-state index in [4.69, 9.17) is 14.2 Å².